The molecule has 20 heavy (non-hydrogen) atoms. The van der Waals surface area contributed by atoms with Crippen LogP contribution >= 0.6 is 11.3 Å². The minimum absolute atomic E-state index is 0.0225. The van der Waals surface area contributed by atoms with Gasteiger partial charge < -0.3 is 4.74 Å². The summed E-state index contributed by atoms with van der Waals surface area (Å²) in [6.07, 6.45) is 0. The molecule has 7 heteroatoms. The highest BCUT2D eigenvalue weighted by atomic mass is 32.1. The van der Waals surface area contributed by atoms with Gasteiger partial charge >= 0.3 is 0 Å². The molecule has 0 fully saturated rings. The van der Waals surface area contributed by atoms with Gasteiger partial charge in [0.2, 0.25) is 0 Å². The molecule has 1 aromatic carbocycles. The maximum atomic E-state index is 13.6. The summed E-state index contributed by atoms with van der Waals surface area (Å²) in [7, 11) is 0. The highest BCUT2D eigenvalue weighted by Gasteiger charge is 2.13. The van der Waals surface area contributed by atoms with Gasteiger partial charge in [0, 0.05) is 5.56 Å². The summed E-state index contributed by atoms with van der Waals surface area (Å²) in [6, 6.07) is 7.47. The molecule has 5 nitrogen and oxygen atoms in total. The Morgan fingerprint density at radius 2 is 2.30 bits per heavy atom. The Morgan fingerprint density at radius 1 is 1.50 bits per heavy atom. The van der Waals surface area contributed by atoms with E-state index in [2.05, 4.69) is 0 Å². The number of nitrogens with one attached hydrogen (secondary N) is 1. The van der Waals surface area contributed by atoms with E-state index in [-0.39, 0.29) is 17.9 Å². The average molecular weight is 291 g/mol. The predicted octanol–water partition coefficient (Wildman–Crippen LogP) is 1.94. The SMILES string of the molecule is N#Cc1ccc(OCc2ccsc2C(=O)NN)c(F)c1. The first-order chi connectivity index (χ1) is 9.65. The Kier molecular flexibility index (Phi) is 4.30. The molecule has 0 aliphatic heterocycles. The number of nitrogens with two attached hydrogens (primary N) is 1. The van der Waals surface area contributed by atoms with Gasteiger partial charge in [-0.25, -0.2) is 10.2 Å². The van der Waals surface area contributed by atoms with Crippen molar-refractivity contribution in [1.82, 2.24) is 5.43 Å². The van der Waals surface area contributed by atoms with Crippen LogP contribution in [0.25, 0.3) is 0 Å². The van der Waals surface area contributed by atoms with Gasteiger partial charge in [-0.2, -0.15) is 5.26 Å². The first kappa shape index (κ1) is 14.0. The average Bonchev–Trinajstić information content (AvgIpc) is 2.93. The van der Waals surface area contributed by atoms with Crippen molar-refractivity contribution in [2.45, 2.75) is 6.61 Å². The number of hydrogen-bond donors (Lipinski definition) is 2. The van der Waals surface area contributed by atoms with E-state index < -0.39 is 11.7 Å². The van der Waals surface area contributed by atoms with Crippen LogP contribution in [0.3, 0.4) is 0 Å². The Labute approximate surface area is 118 Å². The lowest BCUT2D eigenvalue weighted by atomic mass is 10.2. The molecule has 1 amide bonds. The van der Waals surface area contributed by atoms with Crippen molar-refractivity contribution in [1.29, 1.82) is 5.26 Å². The zero-order valence-corrected chi connectivity index (χ0v) is 11.0. The normalized spacial score (nSPS) is 9.85. The second kappa shape index (κ2) is 6.14. The van der Waals surface area contributed by atoms with Crippen molar-refractivity contribution in [3.05, 3.63) is 51.5 Å². The molecular weight excluding hydrogens is 281 g/mol. The van der Waals surface area contributed by atoms with Crippen molar-refractivity contribution >= 4 is 17.2 Å². The number of rotatable bonds is 4. The number of hydrazine groups is 1. The molecule has 0 bridgehead atoms. The number of nitrogen functional groups attached to an aromatic ring is 1. The monoisotopic (exact) mass is 291 g/mol. The van der Waals surface area contributed by atoms with Crippen molar-refractivity contribution < 1.29 is 13.9 Å². The van der Waals surface area contributed by atoms with Gasteiger partial charge in [0.15, 0.2) is 11.6 Å². The lowest BCUT2D eigenvalue weighted by Crippen LogP contribution is -2.30. The van der Waals surface area contributed by atoms with Crippen molar-refractivity contribution in [3.63, 3.8) is 0 Å². The van der Waals surface area contributed by atoms with E-state index in [4.69, 9.17) is 15.8 Å². The number of carbonyl (C=O) groups is 1. The van der Waals surface area contributed by atoms with E-state index in [1.54, 1.807) is 11.4 Å². The van der Waals surface area contributed by atoms with Gasteiger partial charge in [-0.3, -0.25) is 10.2 Å². The number of ether oxygens (including phenoxy) is 1. The smallest absolute Gasteiger partial charge is 0.275 e. The molecule has 0 unspecified atom stereocenters. The summed E-state index contributed by atoms with van der Waals surface area (Å²) < 4.78 is 18.9. The van der Waals surface area contributed by atoms with E-state index in [0.717, 1.165) is 6.07 Å². The third kappa shape index (κ3) is 2.93. The Bertz CT molecular complexity index is 678. The van der Waals surface area contributed by atoms with Gasteiger partial charge in [-0.05, 0) is 29.6 Å². The summed E-state index contributed by atoms with van der Waals surface area (Å²) in [5.41, 5.74) is 2.87. The standard InChI is InChI=1S/C13H10FN3O2S/c14-10-5-8(6-15)1-2-11(10)19-7-9-3-4-20-12(9)13(18)17-16/h1-5H,7,16H2,(H,17,18). The summed E-state index contributed by atoms with van der Waals surface area (Å²) in [5.74, 6) is 4.05. The van der Waals surface area contributed by atoms with E-state index in [0.29, 0.717) is 10.4 Å². The maximum Gasteiger partial charge on any atom is 0.275 e. The van der Waals surface area contributed by atoms with Crippen LogP contribution < -0.4 is 16.0 Å². The van der Waals surface area contributed by atoms with Crippen LogP contribution in [0.4, 0.5) is 4.39 Å². The minimum atomic E-state index is -0.621. The third-order valence-corrected chi connectivity index (χ3v) is 3.48. The quantitative estimate of drug-likeness (QED) is 0.512. The van der Waals surface area contributed by atoms with E-state index in [1.807, 2.05) is 11.5 Å². The second-order valence-electron chi connectivity index (χ2n) is 3.79. The number of amides is 1. The molecule has 0 saturated heterocycles. The number of hydrogen-bond acceptors (Lipinski definition) is 5. The number of benzene rings is 1. The first-order valence-electron chi connectivity index (χ1n) is 5.55. The van der Waals surface area contributed by atoms with Gasteiger partial charge in [0.05, 0.1) is 16.5 Å². The van der Waals surface area contributed by atoms with Crippen LogP contribution in [0.1, 0.15) is 20.8 Å². The third-order valence-electron chi connectivity index (χ3n) is 2.53. The molecule has 0 spiro atoms. The molecule has 2 aromatic rings. The van der Waals surface area contributed by atoms with Crippen LogP contribution in [0.2, 0.25) is 0 Å². The van der Waals surface area contributed by atoms with Gasteiger partial charge in [0.1, 0.15) is 6.61 Å². The van der Waals surface area contributed by atoms with E-state index in [1.165, 1.54) is 23.5 Å². The van der Waals surface area contributed by atoms with E-state index >= 15 is 0 Å². The Morgan fingerprint density at radius 3 is 2.95 bits per heavy atom. The highest BCUT2D eigenvalue weighted by molar-refractivity contribution is 7.12. The molecule has 1 heterocycles. The fourth-order valence-electron chi connectivity index (χ4n) is 1.56. The molecule has 0 aliphatic carbocycles. The number of halogens is 1. The topological polar surface area (TPSA) is 88.1 Å². The summed E-state index contributed by atoms with van der Waals surface area (Å²) in [4.78, 5) is 11.9. The predicted molar refractivity (Wildman–Crippen MR) is 71.4 cm³/mol. The largest absolute Gasteiger partial charge is 0.486 e. The molecular formula is C13H10FN3O2S. The minimum Gasteiger partial charge on any atom is -0.486 e. The molecule has 102 valence electrons. The van der Waals surface area contributed by atoms with Gasteiger partial charge in [-0.15, -0.1) is 11.3 Å². The van der Waals surface area contributed by atoms with Crippen LogP contribution in [0.5, 0.6) is 5.75 Å². The number of nitrogens with zero attached hydrogens (tertiary/aromatic N) is 1. The summed E-state index contributed by atoms with van der Waals surface area (Å²) in [5, 5.41) is 10.4. The maximum absolute atomic E-state index is 13.6. The summed E-state index contributed by atoms with van der Waals surface area (Å²) in [6.45, 7) is 0.0368. The van der Waals surface area contributed by atoms with Crippen LogP contribution in [-0.2, 0) is 6.61 Å². The van der Waals surface area contributed by atoms with E-state index in [9.17, 15) is 9.18 Å². The van der Waals surface area contributed by atoms with Crippen molar-refractivity contribution in [3.8, 4) is 11.8 Å². The second-order valence-corrected chi connectivity index (χ2v) is 4.71. The van der Waals surface area contributed by atoms with Crippen molar-refractivity contribution in [2.75, 3.05) is 0 Å². The number of thiophene rings is 1. The van der Waals surface area contributed by atoms with Crippen molar-refractivity contribution in [2.24, 2.45) is 5.84 Å². The van der Waals surface area contributed by atoms with Crippen LogP contribution in [0.15, 0.2) is 29.6 Å². The van der Waals surface area contributed by atoms with Gasteiger partial charge in [0.25, 0.3) is 5.91 Å². The zero-order chi connectivity index (χ0) is 14.5. The molecule has 2 rings (SSSR count). The molecule has 0 saturated carbocycles. The lowest BCUT2D eigenvalue weighted by Gasteiger charge is -2.07. The zero-order valence-electron chi connectivity index (χ0n) is 10.2. The molecule has 1 aromatic heterocycles. The first-order valence-corrected chi connectivity index (χ1v) is 6.43. The summed E-state index contributed by atoms with van der Waals surface area (Å²) >= 11 is 1.22. The Balaban J connectivity index is 2.12. The molecule has 0 atom stereocenters. The molecule has 0 radical (unpaired) electrons. The fraction of sp³-hybridized carbons (Fsp3) is 0.0769. The molecule has 0 aliphatic rings. The molecule has 3 N–H and O–H groups in total. The Hall–Kier alpha value is -2.43. The number of carbonyl (C=O) groups excluding carboxylic acids is 1. The van der Waals surface area contributed by atoms with Crippen LogP contribution in [-0.4, -0.2) is 5.91 Å². The number of nitriles is 1. The van der Waals surface area contributed by atoms with Crippen LogP contribution in [0, 0.1) is 17.1 Å². The lowest BCUT2D eigenvalue weighted by molar-refractivity contribution is 0.0955. The van der Waals surface area contributed by atoms with Gasteiger partial charge in [-0.1, -0.05) is 0 Å². The highest BCUT2D eigenvalue weighted by Crippen LogP contribution is 2.22. The fourth-order valence-corrected chi connectivity index (χ4v) is 2.37.